The number of amides is 1. The van der Waals surface area contributed by atoms with E-state index < -0.39 is 0 Å². The first-order valence-corrected chi connectivity index (χ1v) is 12.0. The largest absolute Gasteiger partial charge is 0.340 e. The van der Waals surface area contributed by atoms with E-state index in [1.165, 1.54) is 37.7 Å². The number of hydrogen-bond acceptors (Lipinski definition) is 3. The van der Waals surface area contributed by atoms with Crippen molar-refractivity contribution < 1.29 is 4.79 Å². The molecule has 0 unspecified atom stereocenters. The van der Waals surface area contributed by atoms with Crippen LogP contribution in [0.5, 0.6) is 0 Å². The number of fused-ring (bicyclic) bond motifs is 1. The van der Waals surface area contributed by atoms with E-state index in [0.717, 1.165) is 29.7 Å². The molecule has 1 saturated carbocycles. The van der Waals surface area contributed by atoms with Gasteiger partial charge in [-0.25, -0.2) is 9.78 Å². The molecule has 0 spiro atoms. The zero-order valence-electron chi connectivity index (χ0n) is 18.9. The summed E-state index contributed by atoms with van der Waals surface area (Å²) in [5.74, 6) is 0.695. The van der Waals surface area contributed by atoms with Crippen LogP contribution < -0.4 is 5.69 Å². The highest BCUT2D eigenvalue weighted by Crippen LogP contribution is 2.28. The highest BCUT2D eigenvalue weighted by molar-refractivity contribution is 5.79. The summed E-state index contributed by atoms with van der Waals surface area (Å²) < 4.78 is 3.80. The maximum atomic E-state index is 13.5. The predicted molar refractivity (Wildman–Crippen MR) is 126 cm³/mol. The van der Waals surface area contributed by atoms with Gasteiger partial charge in [-0.3, -0.25) is 13.9 Å². The lowest BCUT2D eigenvalue weighted by Gasteiger charge is -2.21. The Balaban J connectivity index is 1.36. The van der Waals surface area contributed by atoms with Crippen LogP contribution in [-0.4, -0.2) is 38.0 Å². The number of pyridine rings is 1. The van der Waals surface area contributed by atoms with Crippen molar-refractivity contribution in [2.45, 2.75) is 64.5 Å². The molecular formula is C26H32N4O2. The number of aryl methyl sites for hydroxylation is 1. The molecule has 3 aromatic rings. The summed E-state index contributed by atoms with van der Waals surface area (Å²) in [6.45, 7) is 4.08. The molecule has 6 nitrogen and oxygen atoms in total. The number of benzene rings is 1. The van der Waals surface area contributed by atoms with Crippen molar-refractivity contribution in [2.75, 3.05) is 13.1 Å². The SMILES string of the molecule is Cc1ccc(CC(=O)N2CC[C@@H](n3c(=O)n(CC4CCCCC4)c4cccnc43)C2)cc1. The van der Waals surface area contributed by atoms with E-state index in [9.17, 15) is 9.59 Å². The van der Waals surface area contributed by atoms with Gasteiger partial charge in [-0.1, -0.05) is 49.1 Å². The van der Waals surface area contributed by atoms with Crippen LogP contribution in [0.15, 0.2) is 47.4 Å². The summed E-state index contributed by atoms with van der Waals surface area (Å²) in [7, 11) is 0. The Labute approximate surface area is 188 Å². The molecule has 2 aliphatic rings. The summed E-state index contributed by atoms with van der Waals surface area (Å²) in [4.78, 5) is 32.9. The zero-order chi connectivity index (χ0) is 22.1. The molecule has 1 atom stereocenters. The number of rotatable bonds is 5. The molecule has 3 heterocycles. The highest BCUT2D eigenvalue weighted by atomic mass is 16.2. The first-order valence-electron chi connectivity index (χ1n) is 12.0. The van der Waals surface area contributed by atoms with E-state index in [0.29, 0.717) is 25.4 Å². The Morgan fingerprint density at radius 1 is 1.06 bits per heavy atom. The molecule has 32 heavy (non-hydrogen) atoms. The fourth-order valence-electron chi connectivity index (χ4n) is 5.41. The monoisotopic (exact) mass is 432 g/mol. The third-order valence-electron chi connectivity index (χ3n) is 7.24. The molecule has 168 valence electrons. The van der Waals surface area contributed by atoms with Gasteiger partial charge in [-0.2, -0.15) is 0 Å². The van der Waals surface area contributed by atoms with Gasteiger partial charge >= 0.3 is 5.69 Å². The average Bonchev–Trinajstić information content (AvgIpc) is 3.39. The van der Waals surface area contributed by atoms with Crippen molar-refractivity contribution in [3.8, 4) is 0 Å². The molecule has 1 amide bonds. The fourth-order valence-corrected chi connectivity index (χ4v) is 5.41. The molecule has 0 radical (unpaired) electrons. The van der Waals surface area contributed by atoms with Gasteiger partial charge in [-0.15, -0.1) is 0 Å². The fraction of sp³-hybridized carbons (Fsp3) is 0.500. The number of aromatic nitrogens is 3. The van der Waals surface area contributed by atoms with Crippen molar-refractivity contribution >= 4 is 17.1 Å². The molecule has 0 bridgehead atoms. The minimum atomic E-state index is -0.0190. The molecule has 1 aliphatic heterocycles. The summed E-state index contributed by atoms with van der Waals surface area (Å²) in [5, 5.41) is 0. The summed E-state index contributed by atoms with van der Waals surface area (Å²) in [6.07, 6.45) is 9.19. The second-order valence-corrected chi connectivity index (χ2v) is 9.56. The lowest BCUT2D eigenvalue weighted by molar-refractivity contribution is -0.129. The van der Waals surface area contributed by atoms with Crippen LogP contribution in [0.4, 0.5) is 0 Å². The van der Waals surface area contributed by atoms with Crippen molar-refractivity contribution in [3.05, 3.63) is 64.2 Å². The third kappa shape index (κ3) is 4.10. The maximum absolute atomic E-state index is 13.5. The van der Waals surface area contributed by atoms with Crippen LogP contribution in [0.2, 0.25) is 0 Å². The second-order valence-electron chi connectivity index (χ2n) is 9.56. The molecule has 1 aromatic carbocycles. The molecule has 6 heteroatoms. The molecule has 1 aliphatic carbocycles. The standard InChI is InChI=1S/C26H32N4O2/c1-19-9-11-20(12-10-19)16-24(31)28-15-13-22(18-28)30-25-23(8-5-14-27-25)29(26(30)32)17-21-6-3-2-4-7-21/h5,8-12,14,21-22H,2-4,6-7,13,15-18H2,1H3/t22-/m1/s1. The van der Waals surface area contributed by atoms with Crippen LogP contribution in [0.1, 0.15) is 55.7 Å². The van der Waals surface area contributed by atoms with Gasteiger partial charge in [0.25, 0.3) is 0 Å². The number of nitrogens with zero attached hydrogens (tertiary/aromatic N) is 4. The Hall–Kier alpha value is -2.89. The first-order chi connectivity index (χ1) is 15.6. The Morgan fingerprint density at radius 3 is 2.62 bits per heavy atom. The highest BCUT2D eigenvalue weighted by Gasteiger charge is 2.31. The molecule has 2 fully saturated rings. The number of imidazole rings is 1. The molecular weight excluding hydrogens is 400 g/mol. The second kappa shape index (κ2) is 8.93. The van der Waals surface area contributed by atoms with Gasteiger partial charge in [-0.05, 0) is 49.8 Å². The van der Waals surface area contributed by atoms with Crippen LogP contribution in [-0.2, 0) is 17.8 Å². The van der Waals surface area contributed by atoms with E-state index in [-0.39, 0.29) is 17.6 Å². The van der Waals surface area contributed by atoms with E-state index in [1.807, 2.05) is 57.4 Å². The summed E-state index contributed by atoms with van der Waals surface area (Å²) >= 11 is 0. The Morgan fingerprint density at radius 2 is 1.84 bits per heavy atom. The van der Waals surface area contributed by atoms with Gasteiger partial charge in [0.2, 0.25) is 5.91 Å². The minimum Gasteiger partial charge on any atom is -0.340 e. The number of likely N-dealkylation sites (tertiary alicyclic amines) is 1. The maximum Gasteiger partial charge on any atom is 0.330 e. The average molecular weight is 433 g/mol. The third-order valence-corrected chi connectivity index (χ3v) is 7.24. The van der Waals surface area contributed by atoms with E-state index in [1.54, 1.807) is 6.20 Å². The van der Waals surface area contributed by atoms with E-state index in [2.05, 4.69) is 4.98 Å². The van der Waals surface area contributed by atoms with Gasteiger partial charge in [0, 0.05) is 25.8 Å². The van der Waals surface area contributed by atoms with Crippen molar-refractivity contribution in [1.29, 1.82) is 0 Å². The zero-order valence-corrected chi connectivity index (χ0v) is 18.9. The van der Waals surface area contributed by atoms with Gasteiger partial charge in [0.05, 0.1) is 18.0 Å². The minimum absolute atomic E-state index is 0.0190. The van der Waals surface area contributed by atoms with E-state index in [4.69, 9.17) is 0 Å². The molecule has 1 saturated heterocycles. The van der Waals surface area contributed by atoms with Crippen LogP contribution >= 0.6 is 0 Å². The topological polar surface area (TPSA) is 60.1 Å². The van der Waals surface area contributed by atoms with Crippen LogP contribution in [0.25, 0.3) is 11.2 Å². The van der Waals surface area contributed by atoms with Crippen LogP contribution in [0, 0.1) is 12.8 Å². The number of carbonyl (C=O) groups excluding carboxylic acids is 1. The smallest absolute Gasteiger partial charge is 0.330 e. The Kier molecular flexibility index (Phi) is 5.85. The lowest BCUT2D eigenvalue weighted by Crippen LogP contribution is -2.33. The lowest BCUT2D eigenvalue weighted by atomic mass is 9.89. The van der Waals surface area contributed by atoms with Crippen molar-refractivity contribution in [3.63, 3.8) is 0 Å². The van der Waals surface area contributed by atoms with Gasteiger partial charge in [0.15, 0.2) is 5.65 Å². The molecule has 5 rings (SSSR count). The number of hydrogen-bond donors (Lipinski definition) is 0. The van der Waals surface area contributed by atoms with Gasteiger partial charge in [0.1, 0.15) is 0 Å². The van der Waals surface area contributed by atoms with E-state index >= 15 is 0 Å². The Bertz CT molecular complexity index is 1150. The van der Waals surface area contributed by atoms with Crippen LogP contribution in [0.3, 0.4) is 0 Å². The summed E-state index contributed by atoms with van der Waals surface area (Å²) in [5.41, 5.74) is 3.94. The normalized spacial score (nSPS) is 19.7. The van der Waals surface area contributed by atoms with Crippen molar-refractivity contribution in [1.82, 2.24) is 19.0 Å². The molecule has 0 N–H and O–H groups in total. The van der Waals surface area contributed by atoms with Gasteiger partial charge < -0.3 is 4.90 Å². The quantitative estimate of drug-likeness (QED) is 0.610. The predicted octanol–water partition coefficient (Wildman–Crippen LogP) is 4.10. The van der Waals surface area contributed by atoms with Crippen molar-refractivity contribution in [2.24, 2.45) is 5.92 Å². The first kappa shape index (κ1) is 21.0. The number of carbonyl (C=O) groups is 1. The molecule has 2 aromatic heterocycles. The summed E-state index contributed by atoms with van der Waals surface area (Å²) in [6, 6.07) is 12.0.